The van der Waals surface area contributed by atoms with Crippen LogP contribution in [0.1, 0.15) is 85.0 Å². The molecule has 0 aliphatic carbocycles. The van der Waals surface area contributed by atoms with Gasteiger partial charge in [0.25, 0.3) is 5.79 Å². The van der Waals surface area contributed by atoms with Crippen LogP contribution in [0.4, 0.5) is 0 Å². The molecule has 0 saturated heterocycles. The fraction of sp³-hybridized carbons (Fsp3) is 0.533. The van der Waals surface area contributed by atoms with Crippen LogP contribution < -0.4 is 9.47 Å². The Labute approximate surface area is 202 Å². The fourth-order valence-corrected chi connectivity index (χ4v) is 4.33. The molecule has 2 rings (SSSR count). The van der Waals surface area contributed by atoms with Crippen LogP contribution in [-0.2, 0) is 4.74 Å². The average molecular weight is 453 g/mol. The van der Waals surface area contributed by atoms with Crippen molar-refractivity contribution in [2.24, 2.45) is 5.92 Å². The number of para-hydroxylation sites is 2. The van der Waals surface area contributed by atoms with E-state index in [1.807, 2.05) is 73.7 Å². The van der Waals surface area contributed by atoms with E-state index >= 15 is 0 Å². The van der Waals surface area contributed by atoms with Crippen LogP contribution in [0.15, 0.2) is 73.0 Å². The Balaban J connectivity index is 2.21. The summed E-state index contributed by atoms with van der Waals surface area (Å²) in [7, 11) is 0. The molecule has 0 amide bonds. The number of benzene rings is 2. The lowest BCUT2D eigenvalue weighted by Crippen LogP contribution is -2.49. The number of ether oxygens (including phenoxy) is 3. The summed E-state index contributed by atoms with van der Waals surface area (Å²) in [5.41, 5.74) is 0. The van der Waals surface area contributed by atoms with Crippen LogP contribution in [0.2, 0.25) is 0 Å². The van der Waals surface area contributed by atoms with Gasteiger partial charge in [0, 0.05) is 12.3 Å². The lowest BCUT2D eigenvalue weighted by molar-refractivity contribution is -0.163. The number of hydrogen-bond donors (Lipinski definition) is 0. The Morgan fingerprint density at radius 3 is 1.82 bits per heavy atom. The van der Waals surface area contributed by atoms with E-state index in [1.54, 1.807) is 6.26 Å². The van der Waals surface area contributed by atoms with Crippen molar-refractivity contribution in [3.05, 3.63) is 73.0 Å². The molecule has 0 saturated carbocycles. The predicted molar refractivity (Wildman–Crippen MR) is 139 cm³/mol. The van der Waals surface area contributed by atoms with E-state index in [9.17, 15) is 0 Å². The molecule has 0 fully saturated rings. The number of unbranched alkanes of at least 4 members (excludes halogenated alkanes) is 5. The molecule has 3 heteroatoms. The molecule has 0 N–H and O–H groups in total. The van der Waals surface area contributed by atoms with E-state index < -0.39 is 5.79 Å². The van der Waals surface area contributed by atoms with Crippen molar-refractivity contribution in [3.63, 3.8) is 0 Å². The van der Waals surface area contributed by atoms with Gasteiger partial charge in [-0.25, -0.2) is 0 Å². The van der Waals surface area contributed by atoms with E-state index in [2.05, 4.69) is 13.8 Å². The highest BCUT2D eigenvalue weighted by atomic mass is 16.7. The van der Waals surface area contributed by atoms with Crippen molar-refractivity contribution < 1.29 is 14.2 Å². The maximum Gasteiger partial charge on any atom is 0.253 e. The summed E-state index contributed by atoms with van der Waals surface area (Å²) in [5.74, 6) is 1.26. The summed E-state index contributed by atoms with van der Waals surface area (Å²) in [6, 6.07) is 20.2. The molecule has 0 aliphatic heterocycles. The summed E-state index contributed by atoms with van der Waals surface area (Å²) >= 11 is 0. The summed E-state index contributed by atoms with van der Waals surface area (Å²) < 4.78 is 19.1. The lowest BCUT2D eigenvalue weighted by atomic mass is 9.86. The zero-order valence-corrected chi connectivity index (χ0v) is 21.0. The normalized spacial score (nSPS) is 12.6. The van der Waals surface area contributed by atoms with E-state index in [4.69, 9.17) is 14.2 Å². The smallest absolute Gasteiger partial charge is 0.253 e. The Hall–Kier alpha value is -2.42. The van der Waals surface area contributed by atoms with Crippen LogP contribution in [0, 0.1) is 5.92 Å². The molecule has 0 aromatic heterocycles. The Kier molecular flexibility index (Phi) is 13.2. The maximum atomic E-state index is 6.71. The largest absolute Gasteiger partial charge is 0.502 e. The third-order valence-electron chi connectivity index (χ3n) is 6.14. The van der Waals surface area contributed by atoms with Gasteiger partial charge in [0.2, 0.25) is 0 Å². The standard InChI is InChI=1S/C30H44O3/c1-4-7-8-9-10-13-19-27(20-18-26-31-25-5-2)30(6-3,32-28-21-14-11-15-22-28)33-29-23-16-12-17-24-29/h5,11-12,14-17,21-25,27H,4,6-10,13,18-20,26H2,1-3H3. The SMILES string of the molecule is CC=COCCCC(CCCCCCCC)C(CC)(Oc1ccccc1)Oc1ccccc1. The molecule has 1 unspecified atom stereocenters. The van der Waals surface area contributed by atoms with Crippen molar-refractivity contribution in [1.29, 1.82) is 0 Å². The molecule has 182 valence electrons. The Bertz CT molecular complexity index is 700. The van der Waals surface area contributed by atoms with Gasteiger partial charge in [-0.05, 0) is 50.5 Å². The van der Waals surface area contributed by atoms with Crippen molar-refractivity contribution in [2.75, 3.05) is 6.61 Å². The van der Waals surface area contributed by atoms with Crippen LogP contribution in [0.3, 0.4) is 0 Å². The predicted octanol–water partition coefficient (Wildman–Crippen LogP) is 8.95. The highest BCUT2D eigenvalue weighted by Gasteiger charge is 2.41. The van der Waals surface area contributed by atoms with Crippen molar-refractivity contribution in [1.82, 2.24) is 0 Å². The molecule has 0 bridgehead atoms. The molecule has 0 heterocycles. The first-order valence-corrected chi connectivity index (χ1v) is 12.9. The first kappa shape index (κ1) is 26.8. The zero-order valence-electron chi connectivity index (χ0n) is 21.0. The average Bonchev–Trinajstić information content (AvgIpc) is 2.85. The molecule has 0 spiro atoms. The Morgan fingerprint density at radius 1 is 0.727 bits per heavy atom. The minimum atomic E-state index is -0.716. The molecular weight excluding hydrogens is 408 g/mol. The molecule has 3 nitrogen and oxygen atoms in total. The maximum absolute atomic E-state index is 6.71. The van der Waals surface area contributed by atoms with Gasteiger partial charge in [0.15, 0.2) is 0 Å². The second-order valence-electron chi connectivity index (χ2n) is 8.73. The van der Waals surface area contributed by atoms with Crippen molar-refractivity contribution in [3.8, 4) is 11.5 Å². The monoisotopic (exact) mass is 452 g/mol. The minimum absolute atomic E-state index is 0.267. The zero-order chi connectivity index (χ0) is 23.6. The second kappa shape index (κ2) is 16.2. The summed E-state index contributed by atoms with van der Waals surface area (Å²) in [4.78, 5) is 0. The van der Waals surface area contributed by atoms with Crippen molar-refractivity contribution >= 4 is 0 Å². The van der Waals surface area contributed by atoms with Gasteiger partial charge >= 0.3 is 0 Å². The van der Waals surface area contributed by atoms with Crippen LogP contribution in [0.25, 0.3) is 0 Å². The summed E-state index contributed by atoms with van der Waals surface area (Å²) in [5, 5.41) is 0. The topological polar surface area (TPSA) is 27.7 Å². The molecule has 2 aromatic carbocycles. The molecule has 0 aliphatic rings. The lowest BCUT2D eigenvalue weighted by Gasteiger charge is -2.40. The third kappa shape index (κ3) is 9.94. The van der Waals surface area contributed by atoms with Gasteiger partial charge in [-0.3, -0.25) is 0 Å². The number of rotatable bonds is 18. The molecule has 33 heavy (non-hydrogen) atoms. The fourth-order valence-electron chi connectivity index (χ4n) is 4.33. The highest BCUT2D eigenvalue weighted by Crippen LogP contribution is 2.37. The quantitative estimate of drug-likeness (QED) is 0.128. The first-order valence-electron chi connectivity index (χ1n) is 12.9. The van der Waals surface area contributed by atoms with Gasteiger partial charge in [-0.15, -0.1) is 0 Å². The number of hydrogen-bond acceptors (Lipinski definition) is 3. The van der Waals surface area contributed by atoms with Gasteiger partial charge in [-0.2, -0.15) is 0 Å². The Morgan fingerprint density at radius 2 is 1.27 bits per heavy atom. The van der Waals surface area contributed by atoms with Crippen LogP contribution in [-0.4, -0.2) is 12.4 Å². The van der Waals surface area contributed by atoms with Gasteiger partial charge < -0.3 is 14.2 Å². The molecule has 0 radical (unpaired) electrons. The number of allylic oxidation sites excluding steroid dienone is 1. The third-order valence-corrected chi connectivity index (χ3v) is 6.14. The van der Waals surface area contributed by atoms with E-state index in [0.29, 0.717) is 6.61 Å². The molecular formula is C30H44O3. The van der Waals surface area contributed by atoms with Gasteiger partial charge in [-0.1, -0.05) is 94.8 Å². The second-order valence-corrected chi connectivity index (χ2v) is 8.73. The minimum Gasteiger partial charge on any atom is -0.502 e. The van der Waals surface area contributed by atoms with Crippen LogP contribution in [0.5, 0.6) is 11.5 Å². The van der Waals surface area contributed by atoms with Gasteiger partial charge in [0.05, 0.1) is 12.9 Å². The molecule has 2 aromatic rings. The van der Waals surface area contributed by atoms with Gasteiger partial charge in [0.1, 0.15) is 11.5 Å². The molecule has 1 atom stereocenters. The summed E-state index contributed by atoms with van der Waals surface area (Å²) in [6.45, 7) is 7.14. The van der Waals surface area contributed by atoms with E-state index in [0.717, 1.165) is 37.2 Å². The van der Waals surface area contributed by atoms with E-state index in [1.165, 1.54) is 38.5 Å². The summed E-state index contributed by atoms with van der Waals surface area (Å²) in [6.07, 6.45) is 15.3. The highest BCUT2D eigenvalue weighted by molar-refractivity contribution is 5.24. The van der Waals surface area contributed by atoms with Crippen molar-refractivity contribution in [2.45, 2.75) is 90.8 Å². The first-order chi connectivity index (χ1) is 16.2. The van der Waals surface area contributed by atoms with Crippen LogP contribution >= 0.6 is 0 Å². The van der Waals surface area contributed by atoms with E-state index in [-0.39, 0.29) is 5.92 Å².